The predicted molar refractivity (Wildman–Crippen MR) is 102 cm³/mol. The van der Waals surface area contributed by atoms with Crippen LogP contribution in [0.2, 0.25) is 0 Å². The minimum Gasteiger partial charge on any atom is -0.341 e. The van der Waals surface area contributed by atoms with E-state index in [4.69, 9.17) is 0 Å². The number of nitrogens with zero attached hydrogens (tertiary/aromatic N) is 2. The van der Waals surface area contributed by atoms with Gasteiger partial charge in [0.15, 0.2) is 0 Å². The molecule has 0 aromatic heterocycles. The van der Waals surface area contributed by atoms with Gasteiger partial charge in [-0.2, -0.15) is 0 Å². The molecular weight excluding hydrogens is 324 g/mol. The van der Waals surface area contributed by atoms with Gasteiger partial charge in [0.05, 0.1) is 0 Å². The number of rotatable bonds is 3. The summed E-state index contributed by atoms with van der Waals surface area (Å²) in [5.41, 5.74) is 2.17. The van der Waals surface area contributed by atoms with Crippen molar-refractivity contribution in [3.8, 4) is 0 Å². The molecule has 0 spiro atoms. The Kier molecular flexibility index (Phi) is 5.28. The van der Waals surface area contributed by atoms with Crippen LogP contribution < -0.4 is 0 Å². The van der Waals surface area contributed by atoms with Crippen LogP contribution in [0.3, 0.4) is 0 Å². The second-order valence-electron chi connectivity index (χ2n) is 8.20. The van der Waals surface area contributed by atoms with Crippen molar-refractivity contribution in [1.29, 1.82) is 0 Å². The van der Waals surface area contributed by atoms with Gasteiger partial charge in [-0.25, -0.2) is 0 Å². The third-order valence-electron chi connectivity index (χ3n) is 6.26. The van der Waals surface area contributed by atoms with Gasteiger partial charge in [0, 0.05) is 37.7 Å². The lowest BCUT2D eigenvalue weighted by atomic mass is 9.84. The van der Waals surface area contributed by atoms with Crippen molar-refractivity contribution in [2.45, 2.75) is 57.3 Å². The predicted octanol–water partition coefficient (Wildman–Crippen LogP) is 3.82. The van der Waals surface area contributed by atoms with E-state index in [1.807, 2.05) is 21.9 Å². The van der Waals surface area contributed by atoms with Gasteiger partial charge in [0.1, 0.15) is 0 Å². The Morgan fingerprint density at radius 1 is 0.731 bits per heavy atom. The molecule has 0 N–H and O–H groups in total. The lowest BCUT2D eigenvalue weighted by Gasteiger charge is -2.23. The number of hydrogen-bond donors (Lipinski definition) is 0. The molecule has 4 nitrogen and oxygen atoms in total. The van der Waals surface area contributed by atoms with Crippen LogP contribution in [-0.4, -0.2) is 47.8 Å². The largest absolute Gasteiger partial charge is 0.341 e. The summed E-state index contributed by atoms with van der Waals surface area (Å²) >= 11 is 0. The summed E-state index contributed by atoms with van der Waals surface area (Å²) in [5.74, 6) is 1.36. The lowest BCUT2D eigenvalue weighted by Crippen LogP contribution is -2.38. The molecule has 26 heavy (non-hydrogen) atoms. The molecule has 4 rings (SSSR count). The van der Waals surface area contributed by atoms with E-state index in [2.05, 4.69) is 12.1 Å². The topological polar surface area (TPSA) is 40.6 Å². The van der Waals surface area contributed by atoms with Crippen LogP contribution in [-0.2, 0) is 4.79 Å². The average molecular weight is 354 g/mol. The molecule has 2 amide bonds. The molecule has 1 aromatic rings. The summed E-state index contributed by atoms with van der Waals surface area (Å²) in [6, 6.07) is 8.32. The van der Waals surface area contributed by atoms with Crippen LogP contribution in [0.5, 0.6) is 0 Å². The van der Waals surface area contributed by atoms with Crippen LogP contribution in [0, 0.1) is 5.92 Å². The quantitative estimate of drug-likeness (QED) is 0.828. The van der Waals surface area contributed by atoms with E-state index in [1.54, 1.807) is 0 Å². The second-order valence-corrected chi connectivity index (χ2v) is 8.20. The standard InChI is InChI=1S/C22H30N2O2/c25-21(19-9-7-18(8-10-19)17-5-2-1-3-6-17)23-13-4-14-24(16-15-23)22(26)20-11-12-20/h7-10,17,20H,1-6,11-16H2. The van der Waals surface area contributed by atoms with E-state index in [9.17, 15) is 9.59 Å². The smallest absolute Gasteiger partial charge is 0.253 e. The first-order chi connectivity index (χ1) is 12.7. The molecule has 1 heterocycles. The highest BCUT2D eigenvalue weighted by Crippen LogP contribution is 2.33. The van der Waals surface area contributed by atoms with E-state index < -0.39 is 0 Å². The highest BCUT2D eigenvalue weighted by atomic mass is 16.2. The summed E-state index contributed by atoms with van der Waals surface area (Å²) in [6.45, 7) is 2.88. The molecule has 1 aliphatic heterocycles. The average Bonchev–Trinajstić information content (AvgIpc) is 3.54. The highest BCUT2D eigenvalue weighted by Gasteiger charge is 2.34. The summed E-state index contributed by atoms with van der Waals surface area (Å²) in [5, 5.41) is 0. The molecule has 1 aromatic carbocycles. The fourth-order valence-corrected chi connectivity index (χ4v) is 4.45. The maximum Gasteiger partial charge on any atom is 0.253 e. The van der Waals surface area contributed by atoms with Crippen LogP contribution in [0.15, 0.2) is 24.3 Å². The van der Waals surface area contributed by atoms with Crippen LogP contribution in [0.1, 0.15) is 73.2 Å². The fourth-order valence-electron chi connectivity index (χ4n) is 4.45. The first-order valence-corrected chi connectivity index (χ1v) is 10.4. The molecule has 2 saturated carbocycles. The minimum absolute atomic E-state index is 0.112. The van der Waals surface area contributed by atoms with Crippen molar-refractivity contribution in [3.63, 3.8) is 0 Å². The number of carbonyl (C=O) groups is 2. The maximum atomic E-state index is 12.9. The Balaban J connectivity index is 1.36. The van der Waals surface area contributed by atoms with E-state index in [0.29, 0.717) is 24.9 Å². The van der Waals surface area contributed by atoms with Crippen molar-refractivity contribution in [2.24, 2.45) is 5.92 Å². The maximum absolute atomic E-state index is 12.9. The Morgan fingerprint density at radius 2 is 1.38 bits per heavy atom. The Morgan fingerprint density at radius 3 is 2.08 bits per heavy atom. The van der Waals surface area contributed by atoms with E-state index in [-0.39, 0.29) is 11.8 Å². The SMILES string of the molecule is O=C(c1ccc(C2CCCCC2)cc1)N1CCCN(C(=O)C2CC2)CC1. The monoisotopic (exact) mass is 354 g/mol. The fraction of sp³-hybridized carbons (Fsp3) is 0.636. The number of hydrogen-bond acceptors (Lipinski definition) is 2. The molecule has 0 radical (unpaired) electrons. The van der Waals surface area contributed by atoms with Crippen molar-refractivity contribution in [1.82, 2.24) is 9.80 Å². The van der Waals surface area contributed by atoms with Crippen LogP contribution >= 0.6 is 0 Å². The normalized spacial score (nSPS) is 22.2. The molecule has 3 fully saturated rings. The Labute approximate surface area is 156 Å². The number of benzene rings is 1. The van der Waals surface area contributed by atoms with Gasteiger partial charge >= 0.3 is 0 Å². The summed E-state index contributed by atoms with van der Waals surface area (Å²) in [7, 11) is 0. The molecule has 2 aliphatic carbocycles. The van der Waals surface area contributed by atoms with E-state index in [1.165, 1.54) is 37.7 Å². The van der Waals surface area contributed by atoms with Gasteiger partial charge in [-0.1, -0.05) is 31.4 Å². The first-order valence-electron chi connectivity index (χ1n) is 10.4. The van der Waals surface area contributed by atoms with Gasteiger partial charge < -0.3 is 9.80 Å². The molecule has 3 aliphatic rings. The number of amides is 2. The zero-order valence-corrected chi connectivity index (χ0v) is 15.7. The van der Waals surface area contributed by atoms with E-state index in [0.717, 1.165) is 37.9 Å². The Bertz CT molecular complexity index is 645. The summed E-state index contributed by atoms with van der Waals surface area (Å²) < 4.78 is 0. The first kappa shape index (κ1) is 17.6. The zero-order chi connectivity index (χ0) is 17.9. The molecule has 4 heteroatoms. The van der Waals surface area contributed by atoms with Gasteiger partial charge in [0.2, 0.25) is 5.91 Å². The molecule has 140 valence electrons. The minimum atomic E-state index is 0.112. The second kappa shape index (κ2) is 7.81. The van der Waals surface area contributed by atoms with Gasteiger partial charge in [-0.15, -0.1) is 0 Å². The molecule has 0 bridgehead atoms. The van der Waals surface area contributed by atoms with E-state index >= 15 is 0 Å². The Hall–Kier alpha value is -1.84. The molecular formula is C22H30N2O2. The molecule has 0 atom stereocenters. The van der Waals surface area contributed by atoms with Gasteiger partial charge in [-0.05, 0) is 55.7 Å². The highest BCUT2D eigenvalue weighted by molar-refractivity contribution is 5.94. The van der Waals surface area contributed by atoms with Gasteiger partial charge in [-0.3, -0.25) is 9.59 Å². The van der Waals surface area contributed by atoms with Crippen molar-refractivity contribution in [3.05, 3.63) is 35.4 Å². The molecule has 0 unspecified atom stereocenters. The molecule has 1 saturated heterocycles. The van der Waals surface area contributed by atoms with Crippen LogP contribution in [0.4, 0.5) is 0 Å². The van der Waals surface area contributed by atoms with Gasteiger partial charge in [0.25, 0.3) is 5.91 Å². The summed E-state index contributed by atoms with van der Waals surface area (Å²) in [4.78, 5) is 29.1. The third-order valence-corrected chi connectivity index (χ3v) is 6.26. The summed E-state index contributed by atoms with van der Waals surface area (Å²) in [6.07, 6.45) is 9.56. The lowest BCUT2D eigenvalue weighted by molar-refractivity contribution is -0.132. The third kappa shape index (κ3) is 3.94. The van der Waals surface area contributed by atoms with Crippen LogP contribution in [0.25, 0.3) is 0 Å². The van der Waals surface area contributed by atoms with Crippen molar-refractivity contribution < 1.29 is 9.59 Å². The number of carbonyl (C=O) groups excluding carboxylic acids is 2. The van der Waals surface area contributed by atoms with Crippen molar-refractivity contribution >= 4 is 11.8 Å². The van der Waals surface area contributed by atoms with Crippen molar-refractivity contribution in [2.75, 3.05) is 26.2 Å². The zero-order valence-electron chi connectivity index (χ0n) is 15.7.